The Kier molecular flexibility index (Phi) is 3.14. The molecule has 7 heavy (non-hydrogen) atoms. The molecule has 3 nitrogen and oxygen atoms in total. The number of hydrogen-bond acceptors (Lipinski definition) is 3. The Balaban J connectivity index is 3.17. The molecule has 3 heteroatoms. The van der Waals surface area contributed by atoms with Gasteiger partial charge in [0, 0.05) is 6.42 Å². The Morgan fingerprint density at radius 2 is 2.14 bits per heavy atom. The van der Waals surface area contributed by atoms with Crippen LogP contribution in [0.15, 0.2) is 12.0 Å². The van der Waals surface area contributed by atoms with Gasteiger partial charge in [-0.25, -0.2) is 0 Å². The van der Waals surface area contributed by atoms with E-state index in [4.69, 9.17) is 15.3 Å². The van der Waals surface area contributed by atoms with E-state index in [-0.39, 0.29) is 18.8 Å². The van der Waals surface area contributed by atoms with Crippen LogP contribution in [-0.4, -0.2) is 21.9 Å². The first kappa shape index (κ1) is 6.30. The lowest BCUT2D eigenvalue weighted by molar-refractivity contribution is 0.259. The standard InChI is InChI=1S/C4H8O3/c5-2-1-4(7)3-6/h3,5-7H,1-2H2. The monoisotopic (exact) mass is 104 g/mol. The second-order valence-corrected chi connectivity index (χ2v) is 1.09. The van der Waals surface area contributed by atoms with Crippen LogP contribution >= 0.6 is 0 Å². The molecule has 0 fully saturated rings. The van der Waals surface area contributed by atoms with Gasteiger partial charge in [0.2, 0.25) is 0 Å². The zero-order chi connectivity index (χ0) is 5.70. The highest BCUT2D eigenvalue weighted by atomic mass is 16.3. The summed E-state index contributed by atoms with van der Waals surface area (Å²) in [6.07, 6.45) is 0.687. The van der Waals surface area contributed by atoms with Gasteiger partial charge in [-0.3, -0.25) is 0 Å². The van der Waals surface area contributed by atoms with Crippen molar-refractivity contribution in [2.24, 2.45) is 0 Å². The van der Waals surface area contributed by atoms with Crippen molar-refractivity contribution in [2.75, 3.05) is 6.61 Å². The molecule has 0 saturated carbocycles. The van der Waals surface area contributed by atoms with Crippen LogP contribution in [-0.2, 0) is 0 Å². The van der Waals surface area contributed by atoms with E-state index in [1.54, 1.807) is 0 Å². The maximum absolute atomic E-state index is 8.31. The maximum Gasteiger partial charge on any atom is 0.129 e. The van der Waals surface area contributed by atoms with Crippen LogP contribution in [0.25, 0.3) is 0 Å². The van der Waals surface area contributed by atoms with E-state index >= 15 is 0 Å². The lowest BCUT2D eigenvalue weighted by atomic mass is 10.4. The average Bonchev–Trinajstić information content (AvgIpc) is 1.68. The molecule has 0 aromatic heterocycles. The van der Waals surface area contributed by atoms with Crippen molar-refractivity contribution in [2.45, 2.75) is 6.42 Å². The maximum atomic E-state index is 8.31. The summed E-state index contributed by atoms with van der Waals surface area (Å²) in [4.78, 5) is 0. The molecule has 0 heterocycles. The molecule has 0 rings (SSSR count). The van der Waals surface area contributed by atoms with E-state index in [1.807, 2.05) is 0 Å². The van der Waals surface area contributed by atoms with Gasteiger partial charge in [-0.1, -0.05) is 0 Å². The fourth-order valence-electron chi connectivity index (χ4n) is 0.179. The second-order valence-electron chi connectivity index (χ2n) is 1.09. The van der Waals surface area contributed by atoms with Gasteiger partial charge in [-0.05, 0) is 0 Å². The lowest BCUT2D eigenvalue weighted by Gasteiger charge is -1.88. The summed E-state index contributed by atoms with van der Waals surface area (Å²) in [6.45, 7) is -0.136. The first-order valence-electron chi connectivity index (χ1n) is 1.94. The minimum atomic E-state index is -0.192. The third-order valence-corrected chi connectivity index (χ3v) is 0.517. The summed E-state index contributed by atoms with van der Waals surface area (Å²) in [5.41, 5.74) is 0. The Morgan fingerprint density at radius 1 is 1.57 bits per heavy atom. The predicted molar refractivity (Wildman–Crippen MR) is 25.0 cm³/mol. The Hall–Kier alpha value is -0.700. The fourth-order valence-corrected chi connectivity index (χ4v) is 0.179. The highest BCUT2D eigenvalue weighted by Crippen LogP contribution is 1.89. The van der Waals surface area contributed by atoms with Crippen molar-refractivity contribution < 1.29 is 15.3 Å². The normalized spacial score (nSPS) is 11.9. The molecule has 0 unspecified atom stereocenters. The minimum absolute atomic E-state index is 0.122. The van der Waals surface area contributed by atoms with Gasteiger partial charge < -0.3 is 15.3 Å². The summed E-state index contributed by atoms with van der Waals surface area (Å²) < 4.78 is 0. The van der Waals surface area contributed by atoms with Gasteiger partial charge in [0.15, 0.2) is 0 Å². The zero-order valence-corrected chi connectivity index (χ0v) is 3.83. The molecule has 0 radical (unpaired) electrons. The van der Waals surface area contributed by atoms with E-state index in [2.05, 4.69) is 0 Å². The van der Waals surface area contributed by atoms with Crippen LogP contribution in [0, 0.1) is 0 Å². The first-order chi connectivity index (χ1) is 3.31. The van der Waals surface area contributed by atoms with Crippen LogP contribution in [0.4, 0.5) is 0 Å². The Labute approximate surface area is 41.5 Å². The molecule has 0 amide bonds. The van der Waals surface area contributed by atoms with Crippen LogP contribution in [0.3, 0.4) is 0 Å². The van der Waals surface area contributed by atoms with Crippen molar-refractivity contribution in [1.82, 2.24) is 0 Å². The third kappa shape index (κ3) is 3.12. The van der Waals surface area contributed by atoms with Gasteiger partial charge in [0.1, 0.15) is 12.0 Å². The van der Waals surface area contributed by atoms with Crippen LogP contribution in [0.5, 0.6) is 0 Å². The average molecular weight is 104 g/mol. The van der Waals surface area contributed by atoms with Crippen molar-refractivity contribution in [3.8, 4) is 0 Å². The van der Waals surface area contributed by atoms with Crippen molar-refractivity contribution in [1.29, 1.82) is 0 Å². The first-order valence-corrected chi connectivity index (χ1v) is 1.94. The molecule has 0 aromatic carbocycles. The number of hydrogen-bond donors (Lipinski definition) is 3. The number of aliphatic hydroxyl groups excluding tert-OH is 3. The largest absolute Gasteiger partial charge is 0.512 e. The van der Waals surface area contributed by atoms with Crippen LogP contribution < -0.4 is 0 Å². The van der Waals surface area contributed by atoms with E-state index < -0.39 is 0 Å². The smallest absolute Gasteiger partial charge is 0.129 e. The molecular formula is C4H8O3. The SMILES string of the molecule is OC=C(O)CCO. The molecule has 0 bridgehead atoms. The van der Waals surface area contributed by atoms with Gasteiger partial charge in [-0.15, -0.1) is 0 Å². The van der Waals surface area contributed by atoms with Crippen LogP contribution in [0.2, 0.25) is 0 Å². The molecule has 0 aliphatic carbocycles. The minimum Gasteiger partial charge on any atom is -0.512 e. The molecular weight excluding hydrogens is 96.0 g/mol. The molecule has 0 atom stereocenters. The van der Waals surface area contributed by atoms with E-state index in [9.17, 15) is 0 Å². The van der Waals surface area contributed by atoms with E-state index in [0.29, 0.717) is 6.26 Å². The van der Waals surface area contributed by atoms with Crippen molar-refractivity contribution in [3.05, 3.63) is 12.0 Å². The van der Waals surface area contributed by atoms with Gasteiger partial charge in [0.05, 0.1) is 6.61 Å². The number of rotatable bonds is 2. The molecule has 3 N–H and O–H groups in total. The topological polar surface area (TPSA) is 60.7 Å². The van der Waals surface area contributed by atoms with E-state index in [0.717, 1.165) is 0 Å². The number of aliphatic hydroxyl groups is 3. The van der Waals surface area contributed by atoms with Crippen molar-refractivity contribution in [3.63, 3.8) is 0 Å². The van der Waals surface area contributed by atoms with Gasteiger partial charge in [-0.2, -0.15) is 0 Å². The quantitative estimate of drug-likeness (QED) is 0.442. The Morgan fingerprint density at radius 3 is 2.29 bits per heavy atom. The summed E-state index contributed by atoms with van der Waals surface area (Å²) >= 11 is 0. The molecule has 0 aliphatic rings. The molecule has 42 valence electrons. The van der Waals surface area contributed by atoms with E-state index in [1.165, 1.54) is 0 Å². The summed E-state index contributed by atoms with van der Waals surface area (Å²) in [6, 6.07) is 0. The lowest BCUT2D eigenvalue weighted by Crippen LogP contribution is -1.85. The zero-order valence-electron chi connectivity index (χ0n) is 3.83. The Bertz CT molecular complexity index is 67.3. The van der Waals surface area contributed by atoms with Crippen molar-refractivity contribution >= 4 is 0 Å². The summed E-state index contributed by atoms with van der Waals surface area (Å²) in [5.74, 6) is -0.192. The highest BCUT2D eigenvalue weighted by Gasteiger charge is 1.86. The highest BCUT2D eigenvalue weighted by molar-refractivity contribution is 4.81. The summed E-state index contributed by atoms with van der Waals surface area (Å²) in [7, 11) is 0. The summed E-state index contributed by atoms with van der Waals surface area (Å²) in [5, 5.41) is 24.3. The molecule has 0 aliphatic heterocycles. The molecule has 0 aromatic rings. The molecule has 0 spiro atoms. The molecule has 0 saturated heterocycles. The van der Waals surface area contributed by atoms with Crippen LogP contribution in [0.1, 0.15) is 6.42 Å². The third-order valence-electron chi connectivity index (χ3n) is 0.517. The van der Waals surface area contributed by atoms with Gasteiger partial charge in [0.25, 0.3) is 0 Å². The second kappa shape index (κ2) is 3.49. The fraction of sp³-hybridized carbons (Fsp3) is 0.500. The van der Waals surface area contributed by atoms with Gasteiger partial charge >= 0.3 is 0 Å². The predicted octanol–water partition coefficient (Wildman–Crippen LogP) is 0.326.